The number of hydrogen-bond donors (Lipinski definition) is 0. The third-order valence-corrected chi connectivity index (χ3v) is 7.07. The summed E-state index contributed by atoms with van der Waals surface area (Å²) in [4.78, 5) is 0. The molecule has 186 valence electrons. The Labute approximate surface area is 202 Å². The summed E-state index contributed by atoms with van der Waals surface area (Å²) < 4.78 is 2.52. The molecule has 0 radical (unpaired) electrons. The van der Waals surface area contributed by atoms with Crippen LogP contribution in [0.25, 0.3) is 0 Å². The van der Waals surface area contributed by atoms with Gasteiger partial charge in [0.1, 0.15) is 6.54 Å². The first kappa shape index (κ1) is 29.2. The highest BCUT2D eigenvalue weighted by Gasteiger charge is 2.08. The fraction of sp³-hybridized carbons (Fsp3) is 0.839. The van der Waals surface area contributed by atoms with E-state index in [1.54, 1.807) is 5.69 Å². The largest absolute Gasteiger partial charge is 0.202 e. The van der Waals surface area contributed by atoms with Gasteiger partial charge in [0.25, 0.3) is 0 Å². The minimum Gasteiger partial charge on any atom is -0.202 e. The maximum absolute atomic E-state index is 2.52. The van der Waals surface area contributed by atoms with Crippen LogP contribution in [0.4, 0.5) is 0 Å². The van der Waals surface area contributed by atoms with E-state index in [0.717, 1.165) is 0 Å². The highest BCUT2D eigenvalue weighted by atomic mass is 14.9. The summed E-state index contributed by atoms with van der Waals surface area (Å²) in [5.41, 5.74) is 1.55. The van der Waals surface area contributed by atoms with Crippen LogP contribution in [-0.2, 0) is 13.0 Å². The molecule has 1 nitrogen and oxygen atoms in total. The molecule has 0 bridgehead atoms. The molecule has 0 N–H and O–H groups in total. The third-order valence-electron chi connectivity index (χ3n) is 7.07. The second-order valence-electron chi connectivity index (χ2n) is 10.2. The molecule has 0 spiro atoms. The monoisotopic (exact) mass is 444 g/mol. The summed E-state index contributed by atoms with van der Waals surface area (Å²) >= 11 is 0. The number of hydrogen-bond acceptors (Lipinski definition) is 0. The molecule has 0 saturated heterocycles. The van der Waals surface area contributed by atoms with Gasteiger partial charge >= 0.3 is 0 Å². The van der Waals surface area contributed by atoms with E-state index in [9.17, 15) is 0 Å². The van der Waals surface area contributed by atoms with Crippen molar-refractivity contribution in [1.29, 1.82) is 0 Å². The topological polar surface area (TPSA) is 3.88 Å². The number of nitrogens with zero attached hydrogens (tertiary/aromatic N) is 1. The molecule has 0 aromatic carbocycles. The van der Waals surface area contributed by atoms with E-state index in [4.69, 9.17) is 0 Å². The SMILES string of the molecule is CCCCCCCCCCCCCCCCCc1cccc[n+]1CCCCCCCCC. The second kappa shape index (κ2) is 23.3. The predicted molar refractivity (Wildman–Crippen MR) is 143 cm³/mol. The smallest absolute Gasteiger partial charge is 0.181 e. The Kier molecular flexibility index (Phi) is 21.3. The zero-order valence-electron chi connectivity index (χ0n) is 22.2. The standard InChI is InChI=1S/C31H58N/c1-3-5-7-9-11-12-13-14-15-16-17-18-19-21-23-27-31-28-24-26-30-32(31)29-25-22-20-10-8-6-4-2/h24,26,28,30H,3-23,25,27,29H2,1-2H3/q+1. The fourth-order valence-corrected chi connectivity index (χ4v) is 4.87. The number of pyridine rings is 1. The number of aromatic nitrogens is 1. The average Bonchev–Trinajstić information content (AvgIpc) is 2.81. The molecule has 1 heteroatoms. The molecule has 0 amide bonds. The second-order valence-corrected chi connectivity index (χ2v) is 10.2. The number of aryl methyl sites for hydroxylation is 2. The molecular formula is C31H58N+. The lowest BCUT2D eigenvalue weighted by molar-refractivity contribution is -0.704. The average molecular weight is 445 g/mol. The minimum absolute atomic E-state index is 1.21. The summed E-state index contributed by atoms with van der Waals surface area (Å²) in [5.74, 6) is 0. The first-order valence-corrected chi connectivity index (χ1v) is 14.9. The van der Waals surface area contributed by atoms with Crippen molar-refractivity contribution in [1.82, 2.24) is 0 Å². The molecule has 0 fully saturated rings. The van der Waals surface area contributed by atoms with Gasteiger partial charge in [-0.05, 0) is 12.8 Å². The van der Waals surface area contributed by atoms with Gasteiger partial charge in [-0.3, -0.25) is 0 Å². The molecule has 0 saturated carbocycles. The normalized spacial score (nSPS) is 11.3. The Bertz CT molecular complexity index is 495. The van der Waals surface area contributed by atoms with Crippen LogP contribution < -0.4 is 4.57 Å². The van der Waals surface area contributed by atoms with Crippen molar-refractivity contribution in [3.8, 4) is 0 Å². The molecule has 32 heavy (non-hydrogen) atoms. The summed E-state index contributed by atoms with van der Waals surface area (Å²) in [7, 11) is 0. The van der Waals surface area contributed by atoms with Crippen LogP contribution in [0.2, 0.25) is 0 Å². The van der Waals surface area contributed by atoms with Crippen molar-refractivity contribution in [2.75, 3.05) is 0 Å². The van der Waals surface area contributed by atoms with Crippen molar-refractivity contribution >= 4 is 0 Å². The quantitative estimate of drug-likeness (QED) is 0.110. The van der Waals surface area contributed by atoms with Gasteiger partial charge in [-0.25, -0.2) is 4.57 Å². The Hall–Kier alpha value is -0.850. The van der Waals surface area contributed by atoms with Crippen LogP contribution >= 0.6 is 0 Å². The minimum atomic E-state index is 1.21. The fourth-order valence-electron chi connectivity index (χ4n) is 4.87. The summed E-state index contributed by atoms with van der Waals surface area (Å²) in [6.45, 7) is 5.81. The molecule has 1 aromatic rings. The van der Waals surface area contributed by atoms with Crippen LogP contribution in [0.3, 0.4) is 0 Å². The van der Waals surface area contributed by atoms with Crippen molar-refractivity contribution in [2.45, 2.75) is 168 Å². The van der Waals surface area contributed by atoms with Gasteiger partial charge in [0.05, 0.1) is 0 Å². The summed E-state index contributed by atoms with van der Waals surface area (Å²) in [6, 6.07) is 6.78. The van der Waals surface area contributed by atoms with Crippen molar-refractivity contribution < 1.29 is 4.57 Å². The molecular weight excluding hydrogens is 386 g/mol. The molecule has 0 atom stereocenters. The van der Waals surface area contributed by atoms with Crippen LogP contribution in [0.1, 0.15) is 161 Å². The first-order chi connectivity index (χ1) is 15.9. The first-order valence-electron chi connectivity index (χ1n) is 14.9. The maximum Gasteiger partial charge on any atom is 0.181 e. The van der Waals surface area contributed by atoms with Crippen LogP contribution in [-0.4, -0.2) is 0 Å². The van der Waals surface area contributed by atoms with E-state index >= 15 is 0 Å². The van der Waals surface area contributed by atoms with Crippen LogP contribution in [0, 0.1) is 0 Å². The van der Waals surface area contributed by atoms with E-state index in [2.05, 4.69) is 42.8 Å². The molecule has 1 rings (SSSR count). The zero-order valence-corrected chi connectivity index (χ0v) is 22.2. The van der Waals surface area contributed by atoms with Gasteiger partial charge in [-0.1, -0.05) is 142 Å². The maximum atomic E-state index is 2.52. The van der Waals surface area contributed by atoms with E-state index in [1.807, 2.05) is 0 Å². The van der Waals surface area contributed by atoms with E-state index < -0.39 is 0 Å². The van der Waals surface area contributed by atoms with Gasteiger partial charge < -0.3 is 0 Å². The van der Waals surface area contributed by atoms with Crippen molar-refractivity contribution in [3.63, 3.8) is 0 Å². The van der Waals surface area contributed by atoms with E-state index in [-0.39, 0.29) is 0 Å². The molecule has 1 aromatic heterocycles. The lowest BCUT2D eigenvalue weighted by Crippen LogP contribution is -2.37. The van der Waals surface area contributed by atoms with Gasteiger partial charge in [0.2, 0.25) is 0 Å². The predicted octanol–water partition coefficient (Wildman–Crippen LogP) is 10.1. The Morgan fingerprint density at radius 1 is 0.469 bits per heavy atom. The number of unbranched alkanes of at least 4 members (excludes halogenated alkanes) is 20. The van der Waals surface area contributed by atoms with E-state index in [0.29, 0.717) is 0 Å². The third kappa shape index (κ3) is 17.7. The van der Waals surface area contributed by atoms with Crippen LogP contribution in [0.5, 0.6) is 0 Å². The number of rotatable bonds is 24. The Balaban J connectivity index is 1.94. The molecule has 0 aliphatic rings. The summed E-state index contributed by atoms with van der Waals surface area (Å²) in [6.07, 6.45) is 35.0. The van der Waals surface area contributed by atoms with Crippen molar-refractivity contribution in [3.05, 3.63) is 30.1 Å². The van der Waals surface area contributed by atoms with Crippen molar-refractivity contribution in [2.24, 2.45) is 0 Å². The highest BCUT2D eigenvalue weighted by Crippen LogP contribution is 2.14. The Morgan fingerprint density at radius 3 is 1.34 bits per heavy atom. The highest BCUT2D eigenvalue weighted by molar-refractivity contribution is 4.97. The zero-order chi connectivity index (χ0) is 23.0. The molecule has 0 aliphatic carbocycles. The lowest BCUT2D eigenvalue weighted by atomic mass is 10.0. The van der Waals surface area contributed by atoms with Gasteiger partial charge in [0.15, 0.2) is 11.9 Å². The van der Waals surface area contributed by atoms with Gasteiger partial charge in [-0.2, -0.15) is 0 Å². The lowest BCUT2D eigenvalue weighted by Gasteiger charge is -2.05. The molecule has 0 unspecified atom stereocenters. The van der Waals surface area contributed by atoms with Crippen LogP contribution in [0.15, 0.2) is 24.4 Å². The van der Waals surface area contributed by atoms with Gasteiger partial charge in [-0.15, -0.1) is 0 Å². The molecule has 0 aliphatic heterocycles. The summed E-state index contributed by atoms with van der Waals surface area (Å²) in [5, 5.41) is 0. The Morgan fingerprint density at radius 2 is 0.875 bits per heavy atom. The van der Waals surface area contributed by atoms with E-state index in [1.165, 1.54) is 154 Å². The molecule has 1 heterocycles. The van der Waals surface area contributed by atoms with Gasteiger partial charge in [0, 0.05) is 25.0 Å².